The van der Waals surface area contributed by atoms with Gasteiger partial charge in [-0.15, -0.1) is 0 Å². The molecule has 20 nitrogen and oxygen atoms in total. The maximum absolute atomic E-state index is 12.3. The van der Waals surface area contributed by atoms with Crippen molar-refractivity contribution in [1.29, 1.82) is 0 Å². The zero-order chi connectivity index (χ0) is 62.1. The van der Waals surface area contributed by atoms with E-state index >= 15 is 0 Å². The lowest BCUT2D eigenvalue weighted by Crippen LogP contribution is -2.28. The summed E-state index contributed by atoms with van der Waals surface area (Å²) in [5.74, 6) is 2.69. The van der Waals surface area contributed by atoms with E-state index in [-0.39, 0.29) is 28.0 Å². The van der Waals surface area contributed by atoms with Crippen molar-refractivity contribution < 1.29 is 54.9 Å². The Kier molecular flexibility index (Phi) is 20.7. The number of pyridine rings is 10. The molecular formula is C61H47Cl2F3N10O10S. The van der Waals surface area contributed by atoms with Crippen LogP contribution in [0.4, 0.5) is 13.2 Å². The highest BCUT2D eigenvalue weighted by Gasteiger charge is 2.48. The van der Waals surface area contributed by atoms with E-state index in [0.29, 0.717) is 68.0 Å². The van der Waals surface area contributed by atoms with E-state index in [1.165, 1.54) is 42.9 Å². The number of fused-ring (bicyclic) bond motifs is 5. The van der Waals surface area contributed by atoms with E-state index in [1.807, 2.05) is 54.6 Å². The van der Waals surface area contributed by atoms with Crippen LogP contribution in [0.3, 0.4) is 0 Å². The van der Waals surface area contributed by atoms with Crippen molar-refractivity contribution in [1.82, 2.24) is 49.8 Å². The summed E-state index contributed by atoms with van der Waals surface area (Å²) < 4.78 is 84.7. The van der Waals surface area contributed by atoms with Gasteiger partial charge in [0.15, 0.2) is 5.75 Å². The molecule has 10 heterocycles. The Labute approximate surface area is 503 Å². The number of H-pyrrole nitrogens is 1. The molecule has 0 atom stereocenters. The lowest BCUT2D eigenvalue weighted by molar-refractivity contribution is -0.0499. The molecule has 0 fully saturated rings. The maximum atomic E-state index is 12.3. The summed E-state index contributed by atoms with van der Waals surface area (Å²) in [6, 6.07) is 32.0. The first-order valence-electron chi connectivity index (χ1n) is 25.3. The van der Waals surface area contributed by atoms with Gasteiger partial charge in [-0.25, -0.2) is 19.9 Å². The van der Waals surface area contributed by atoms with Crippen molar-refractivity contribution in [2.24, 2.45) is 0 Å². The summed E-state index contributed by atoms with van der Waals surface area (Å²) in [4.78, 5) is 49.9. The van der Waals surface area contributed by atoms with E-state index in [4.69, 9.17) is 42.1 Å². The van der Waals surface area contributed by atoms with Gasteiger partial charge in [0.25, 0.3) is 0 Å². The Balaban J connectivity index is 0.000000143. The second-order valence-electron chi connectivity index (χ2n) is 17.7. The Bertz CT molecular complexity index is 4580. The molecule has 26 heteroatoms. The molecule has 0 aliphatic carbocycles. The van der Waals surface area contributed by atoms with E-state index < -0.39 is 21.4 Å². The van der Waals surface area contributed by atoms with Crippen LogP contribution >= 0.6 is 23.2 Å². The first kappa shape index (κ1) is 62.5. The first-order chi connectivity index (χ1) is 41.8. The van der Waals surface area contributed by atoms with Crippen LogP contribution in [0.1, 0.15) is 22.5 Å². The topological polar surface area (TPSA) is 270 Å². The van der Waals surface area contributed by atoms with E-state index in [0.717, 1.165) is 50.8 Å². The van der Waals surface area contributed by atoms with Gasteiger partial charge in [0.05, 0.1) is 115 Å². The van der Waals surface area contributed by atoms with Crippen molar-refractivity contribution in [3.8, 4) is 40.2 Å². The fraction of sp³-hybridized carbons (Fsp3) is 0.0820. The SMILES string of the molecule is C=Cc1ccc2c(O)cncc2n1.C=Cc1ccc2c(OS(=O)(=O)C(F)(F)F)cncc2n1.COc1ccc(COc2cncc3[nH]c(=O)ccc23)cc1.COc1ccc(COc2cncc3nc(Cl)ccc23)cc1.Oc1cncc2nc(Cl)ccc12. The lowest BCUT2D eigenvalue weighted by Gasteiger charge is -2.10. The lowest BCUT2D eigenvalue weighted by atomic mass is 10.2. The molecule has 10 aromatic heterocycles. The van der Waals surface area contributed by atoms with Crippen LogP contribution in [0.5, 0.6) is 40.2 Å². The van der Waals surface area contributed by atoms with Crippen molar-refractivity contribution >= 4 is 100.0 Å². The monoisotopic (exact) mass is 1240 g/mol. The van der Waals surface area contributed by atoms with Gasteiger partial charge >= 0.3 is 15.6 Å². The van der Waals surface area contributed by atoms with Gasteiger partial charge in [-0.3, -0.25) is 29.7 Å². The number of nitrogens with zero attached hydrogens (tertiary/aromatic N) is 9. The number of rotatable bonds is 12. The Hall–Kier alpha value is -10.6. The van der Waals surface area contributed by atoms with Crippen molar-refractivity contribution in [3.63, 3.8) is 0 Å². The van der Waals surface area contributed by atoms with E-state index in [1.54, 1.807) is 93.9 Å². The van der Waals surface area contributed by atoms with Crippen LogP contribution < -0.4 is 28.7 Å². The fourth-order valence-corrected chi connectivity index (χ4v) is 8.39. The third kappa shape index (κ3) is 16.6. The molecule has 0 spiro atoms. The molecule has 0 aliphatic rings. The van der Waals surface area contributed by atoms with Crippen LogP contribution in [-0.4, -0.2) is 88.2 Å². The highest BCUT2D eigenvalue weighted by Crippen LogP contribution is 2.32. The molecule has 2 aromatic carbocycles. The molecular weight excluding hydrogens is 1190 g/mol. The summed E-state index contributed by atoms with van der Waals surface area (Å²) in [6.07, 6.45) is 17.8. The highest BCUT2D eigenvalue weighted by atomic mass is 35.5. The minimum atomic E-state index is -5.75. The van der Waals surface area contributed by atoms with Crippen molar-refractivity contribution in [3.05, 3.63) is 227 Å². The normalized spacial score (nSPS) is 10.9. The zero-order valence-electron chi connectivity index (χ0n) is 45.6. The molecule has 0 saturated carbocycles. The van der Waals surface area contributed by atoms with Gasteiger partial charge in [-0.1, -0.05) is 60.6 Å². The molecule has 0 radical (unpaired) electrons. The van der Waals surface area contributed by atoms with Gasteiger partial charge in [0.2, 0.25) is 5.56 Å². The number of methoxy groups -OCH3 is 2. The van der Waals surface area contributed by atoms with Gasteiger partial charge < -0.3 is 38.3 Å². The van der Waals surface area contributed by atoms with E-state index in [9.17, 15) is 36.6 Å². The minimum absolute atomic E-state index is 0.0958. The molecule has 0 saturated heterocycles. The number of aromatic hydroxyl groups is 2. The molecule has 12 aromatic rings. The predicted octanol–water partition coefficient (Wildman–Crippen LogP) is 12.8. The van der Waals surface area contributed by atoms with Crippen LogP contribution in [-0.2, 0) is 23.3 Å². The summed E-state index contributed by atoms with van der Waals surface area (Å²) in [5, 5.41) is 22.8. The second-order valence-corrected chi connectivity index (χ2v) is 20.0. The first-order valence-corrected chi connectivity index (χ1v) is 27.4. The smallest absolute Gasteiger partial charge is 0.506 e. The van der Waals surface area contributed by atoms with E-state index in [2.05, 4.69) is 67.2 Å². The minimum Gasteiger partial charge on any atom is -0.506 e. The van der Waals surface area contributed by atoms with Crippen LogP contribution in [0.15, 0.2) is 189 Å². The van der Waals surface area contributed by atoms with Crippen LogP contribution in [0.2, 0.25) is 10.3 Å². The number of benzene rings is 2. The molecule has 0 bridgehead atoms. The van der Waals surface area contributed by atoms with Crippen LogP contribution in [0, 0.1) is 0 Å². The molecule has 0 unspecified atom stereocenters. The summed E-state index contributed by atoms with van der Waals surface area (Å²) in [5.41, 5.74) is 0.504. The van der Waals surface area contributed by atoms with Gasteiger partial charge in [0, 0.05) is 33.0 Å². The Morgan fingerprint density at radius 1 is 0.506 bits per heavy atom. The summed E-state index contributed by atoms with van der Waals surface area (Å²) in [6.45, 7) is 7.98. The number of alkyl halides is 3. The fourth-order valence-electron chi connectivity index (χ4n) is 7.62. The van der Waals surface area contributed by atoms with Gasteiger partial charge in [-0.2, -0.15) is 21.6 Å². The zero-order valence-corrected chi connectivity index (χ0v) is 48.0. The van der Waals surface area contributed by atoms with Crippen LogP contribution in [0.25, 0.3) is 66.7 Å². The predicted molar refractivity (Wildman–Crippen MR) is 324 cm³/mol. The highest BCUT2D eigenvalue weighted by molar-refractivity contribution is 7.88. The molecule has 0 amide bonds. The number of aromatic amines is 1. The average molecular weight is 1240 g/mol. The number of nitrogens with one attached hydrogen (secondary N) is 1. The summed E-state index contributed by atoms with van der Waals surface area (Å²) in [7, 11) is -2.47. The number of halogens is 5. The summed E-state index contributed by atoms with van der Waals surface area (Å²) >= 11 is 11.5. The molecule has 12 rings (SSSR count). The number of hydrogen-bond donors (Lipinski definition) is 3. The van der Waals surface area contributed by atoms with Crippen molar-refractivity contribution in [2.45, 2.75) is 18.7 Å². The van der Waals surface area contributed by atoms with Crippen molar-refractivity contribution in [2.75, 3.05) is 14.2 Å². The Morgan fingerprint density at radius 2 is 0.897 bits per heavy atom. The molecule has 3 N–H and O–H groups in total. The third-order valence-electron chi connectivity index (χ3n) is 11.9. The standard InChI is InChI=1S/C16H13ClN2O2.C16H14N2O3.C11H7F3N2O3S.C10H8N2O.C8H5ClN2O/c1-20-12-4-2-11(3-5-12)10-21-15-9-18-8-14-13(15)6-7-16(17)19-14;1-20-12-4-2-11(3-5-12)10-21-15-9-17-8-14-13(15)6-7-16(19)18-14;1-2-7-3-4-8-9(16-7)5-15-6-10(8)19-20(17,18)11(12,13)14;1-2-7-3-4-8-9(12-7)5-11-6-10(8)13;9-8-2-1-5-6(11-8)3-10-4-7(5)12/h2-9H,10H2,1H3;2-9H,10H2,1H3,(H,18,19);2-6H,1H2;2-6,13H,1H2;1-4,12H. The van der Waals surface area contributed by atoms with Gasteiger partial charge in [0.1, 0.15) is 58.0 Å². The largest absolute Gasteiger partial charge is 0.534 e. The van der Waals surface area contributed by atoms with Gasteiger partial charge in [-0.05, 0) is 102 Å². The number of aromatic nitrogens is 10. The molecule has 442 valence electrons. The third-order valence-corrected chi connectivity index (χ3v) is 13.3. The number of ether oxygens (including phenoxy) is 4. The number of hydrogen-bond acceptors (Lipinski definition) is 19. The Morgan fingerprint density at radius 3 is 1.39 bits per heavy atom. The molecule has 0 aliphatic heterocycles. The second kappa shape index (κ2) is 28.8. The quantitative estimate of drug-likeness (QED) is 0.0582. The maximum Gasteiger partial charge on any atom is 0.534 e. The molecule has 87 heavy (non-hydrogen) atoms. The average Bonchev–Trinajstić information content (AvgIpc) is 2.77.